The second kappa shape index (κ2) is 19.9. The first-order valence-corrected chi connectivity index (χ1v) is 16.3. The Kier molecular flexibility index (Phi) is 16.0. The molecule has 0 saturated carbocycles. The Hall–Kier alpha value is -6.37. The number of nitrogens with two attached hydrogens (primary N) is 2. The Morgan fingerprint density at radius 1 is 0.623 bits per heavy atom. The third kappa shape index (κ3) is 16.0. The molecule has 53 heavy (non-hydrogen) atoms. The summed E-state index contributed by atoms with van der Waals surface area (Å²) >= 11 is 0. The maximum atomic E-state index is 11.7. The fourth-order valence-corrected chi connectivity index (χ4v) is 4.13. The summed E-state index contributed by atoms with van der Waals surface area (Å²) in [4.78, 5) is 42.9. The van der Waals surface area contributed by atoms with E-state index in [2.05, 4.69) is 5.32 Å². The zero-order valence-electron chi connectivity index (χ0n) is 30.6. The summed E-state index contributed by atoms with van der Waals surface area (Å²) in [5.41, 5.74) is 14.1. The lowest BCUT2D eigenvalue weighted by Gasteiger charge is -2.17. The van der Waals surface area contributed by atoms with Gasteiger partial charge in [0.05, 0.1) is 16.1 Å². The van der Waals surface area contributed by atoms with Crippen molar-refractivity contribution in [2.24, 2.45) is 0 Å². The number of nitrogens with zero attached hydrogens (tertiary/aromatic N) is 1. The summed E-state index contributed by atoms with van der Waals surface area (Å²) in [6.45, 7) is 9.86. The van der Waals surface area contributed by atoms with Gasteiger partial charge in [-0.2, -0.15) is 0 Å². The van der Waals surface area contributed by atoms with Crippen LogP contribution in [0.5, 0.6) is 5.75 Å². The summed E-state index contributed by atoms with van der Waals surface area (Å²) in [6.07, 6.45) is -0.549. The molecule has 0 aliphatic carbocycles. The van der Waals surface area contributed by atoms with Gasteiger partial charge < -0.3 is 26.4 Å². The molecular weight excluding hydrogens is 676 g/mol. The molecule has 7 N–H and O–H groups in total. The van der Waals surface area contributed by atoms with Crippen LogP contribution in [0.3, 0.4) is 0 Å². The molecule has 5 aromatic carbocycles. The SMILES string of the molecule is CC(=O)c1ccc(N)cc1.CC(=O)c1ccc([N+](=O)[O-])cc1.CC(C)(O)c1ccc(N)cc1.CC(C)(O)c1ccc(NC(=O)Oc2ccccc2)cc1. The predicted octanol–water partition coefficient (Wildman–Crippen LogP) is 8.29. The first-order chi connectivity index (χ1) is 24.8. The first-order valence-electron chi connectivity index (χ1n) is 16.3. The molecule has 0 saturated heterocycles. The van der Waals surface area contributed by atoms with E-state index in [4.69, 9.17) is 16.2 Å². The lowest BCUT2D eigenvalue weighted by molar-refractivity contribution is -0.384. The summed E-state index contributed by atoms with van der Waals surface area (Å²) in [5.74, 6) is 0.461. The minimum atomic E-state index is -0.900. The number of nitro benzene ring substituents is 1. The second-order valence-electron chi connectivity index (χ2n) is 12.7. The zero-order valence-corrected chi connectivity index (χ0v) is 30.6. The Morgan fingerprint density at radius 2 is 1.00 bits per heavy atom. The van der Waals surface area contributed by atoms with Crippen molar-refractivity contribution < 1.29 is 34.3 Å². The molecule has 0 radical (unpaired) electrons. The molecule has 5 rings (SSSR count). The highest BCUT2D eigenvalue weighted by Crippen LogP contribution is 2.22. The molecule has 0 aromatic heterocycles. The molecular formula is C41H46N4O8. The van der Waals surface area contributed by atoms with Crippen LogP contribution in [-0.2, 0) is 11.2 Å². The minimum Gasteiger partial charge on any atom is -0.410 e. The molecule has 0 atom stereocenters. The first kappa shape index (κ1) is 42.8. The molecule has 0 aliphatic rings. The third-order valence-corrected chi connectivity index (χ3v) is 7.21. The number of carbonyl (C=O) groups excluding carboxylic acids is 3. The topological polar surface area (TPSA) is 208 Å². The maximum absolute atomic E-state index is 11.7. The molecule has 0 heterocycles. The van der Waals surface area contributed by atoms with E-state index >= 15 is 0 Å². The molecule has 5 aromatic rings. The number of hydrogen-bond acceptors (Lipinski definition) is 10. The van der Waals surface area contributed by atoms with Crippen molar-refractivity contribution in [2.75, 3.05) is 16.8 Å². The molecule has 0 unspecified atom stereocenters. The van der Waals surface area contributed by atoms with E-state index in [9.17, 15) is 34.7 Å². The van der Waals surface area contributed by atoms with Gasteiger partial charge in [0, 0.05) is 40.3 Å². The molecule has 12 heteroatoms. The van der Waals surface area contributed by atoms with Crippen LogP contribution in [0.4, 0.5) is 27.5 Å². The minimum absolute atomic E-state index is 0.000000000000000222. The van der Waals surface area contributed by atoms with Crippen LogP contribution in [0.2, 0.25) is 0 Å². The van der Waals surface area contributed by atoms with E-state index in [-0.39, 0.29) is 17.3 Å². The number of nitro groups is 1. The van der Waals surface area contributed by atoms with Crippen molar-refractivity contribution in [3.05, 3.63) is 160 Å². The number of non-ortho nitro benzene ring substituents is 1. The number of ketones is 2. The van der Waals surface area contributed by atoms with Gasteiger partial charge in [-0.25, -0.2) is 4.79 Å². The Balaban J connectivity index is 0.000000256. The van der Waals surface area contributed by atoms with Crippen molar-refractivity contribution in [3.8, 4) is 5.75 Å². The number of ether oxygens (including phenoxy) is 1. The third-order valence-electron chi connectivity index (χ3n) is 7.21. The van der Waals surface area contributed by atoms with E-state index < -0.39 is 22.2 Å². The largest absolute Gasteiger partial charge is 0.417 e. The summed E-state index contributed by atoms with van der Waals surface area (Å²) in [5, 5.41) is 32.2. The monoisotopic (exact) mass is 722 g/mol. The van der Waals surface area contributed by atoms with Crippen molar-refractivity contribution in [1.82, 2.24) is 0 Å². The van der Waals surface area contributed by atoms with Gasteiger partial charge >= 0.3 is 6.09 Å². The van der Waals surface area contributed by atoms with Crippen molar-refractivity contribution in [3.63, 3.8) is 0 Å². The van der Waals surface area contributed by atoms with Crippen LogP contribution in [0.1, 0.15) is 73.4 Å². The van der Waals surface area contributed by atoms with Gasteiger partial charge in [0.15, 0.2) is 11.6 Å². The molecule has 0 fully saturated rings. The van der Waals surface area contributed by atoms with E-state index in [0.29, 0.717) is 28.3 Å². The number of anilines is 3. The lowest BCUT2D eigenvalue weighted by Crippen LogP contribution is -2.18. The molecule has 1 amide bonds. The van der Waals surface area contributed by atoms with E-state index in [1.54, 1.807) is 113 Å². The highest BCUT2D eigenvalue weighted by Gasteiger charge is 2.16. The number of carbonyl (C=O) groups is 3. The average Bonchev–Trinajstić information content (AvgIpc) is 3.09. The summed E-state index contributed by atoms with van der Waals surface area (Å²) in [6, 6.07) is 35.4. The van der Waals surface area contributed by atoms with Gasteiger partial charge in [-0.05, 0) is 125 Å². The standard InChI is InChI=1S/C16H17NO3.C9H13NO.C8H7NO3.C8H9NO/c1-16(2,19)12-8-10-13(11-9-12)17-15(18)20-14-6-4-3-5-7-14;1-9(2,11)7-3-5-8(10)6-4-7;1-6(10)7-2-4-8(5-3-7)9(11)12;1-6(10)7-2-4-8(9)5-3-7/h3-11,19H,1-2H3,(H,17,18);3-6,11H,10H2,1-2H3;2-5H,1H3;2-5H,9H2,1H3. The number of hydrogen-bond donors (Lipinski definition) is 5. The van der Waals surface area contributed by atoms with E-state index in [0.717, 1.165) is 16.8 Å². The van der Waals surface area contributed by atoms with Gasteiger partial charge in [-0.1, -0.05) is 42.5 Å². The maximum Gasteiger partial charge on any atom is 0.417 e. The van der Waals surface area contributed by atoms with Gasteiger partial charge in [-0.15, -0.1) is 0 Å². The number of Topliss-reactive ketones (excluding diaryl/α,β-unsaturated/α-hetero) is 2. The Bertz CT molecular complexity index is 1880. The van der Waals surface area contributed by atoms with Crippen LogP contribution in [-0.4, -0.2) is 32.8 Å². The van der Waals surface area contributed by atoms with Gasteiger partial charge in [0.1, 0.15) is 5.75 Å². The fourth-order valence-electron chi connectivity index (χ4n) is 4.13. The highest BCUT2D eigenvalue weighted by molar-refractivity contribution is 5.94. The normalized spacial score (nSPS) is 10.4. The number of benzene rings is 5. The fraction of sp³-hybridized carbons (Fsp3) is 0.195. The smallest absolute Gasteiger partial charge is 0.410 e. The van der Waals surface area contributed by atoms with Crippen LogP contribution in [0.15, 0.2) is 127 Å². The number of nitrogen functional groups attached to an aromatic ring is 2. The Labute approximate surface area is 309 Å². The molecule has 0 spiro atoms. The zero-order chi connectivity index (χ0) is 39.8. The second-order valence-corrected chi connectivity index (χ2v) is 12.7. The molecule has 278 valence electrons. The lowest BCUT2D eigenvalue weighted by atomic mass is 9.98. The van der Waals surface area contributed by atoms with Crippen molar-refractivity contribution in [2.45, 2.75) is 52.7 Å². The van der Waals surface area contributed by atoms with Crippen LogP contribution < -0.4 is 21.5 Å². The predicted molar refractivity (Wildman–Crippen MR) is 208 cm³/mol. The van der Waals surface area contributed by atoms with Crippen molar-refractivity contribution in [1.29, 1.82) is 0 Å². The number of nitrogens with one attached hydrogen (secondary N) is 1. The van der Waals surface area contributed by atoms with E-state index in [1.165, 1.54) is 38.1 Å². The van der Waals surface area contributed by atoms with Crippen LogP contribution in [0, 0.1) is 10.1 Å². The highest BCUT2D eigenvalue weighted by atomic mass is 16.6. The van der Waals surface area contributed by atoms with Crippen molar-refractivity contribution >= 4 is 40.4 Å². The summed E-state index contributed by atoms with van der Waals surface area (Å²) < 4.78 is 5.12. The average molecular weight is 723 g/mol. The van der Waals surface area contributed by atoms with Gasteiger partial charge in [0.2, 0.25) is 0 Å². The number of para-hydroxylation sites is 1. The summed E-state index contributed by atoms with van der Waals surface area (Å²) in [7, 11) is 0. The van der Waals surface area contributed by atoms with E-state index in [1.807, 2.05) is 18.2 Å². The van der Waals surface area contributed by atoms with Crippen LogP contribution in [0.25, 0.3) is 0 Å². The van der Waals surface area contributed by atoms with Crippen LogP contribution >= 0.6 is 0 Å². The number of aliphatic hydroxyl groups is 2. The molecule has 0 aliphatic heterocycles. The molecule has 0 bridgehead atoms. The van der Waals surface area contributed by atoms with Gasteiger partial charge in [-0.3, -0.25) is 25.0 Å². The molecule has 12 nitrogen and oxygen atoms in total. The Morgan fingerprint density at radius 3 is 1.38 bits per heavy atom. The quantitative estimate of drug-likeness (QED) is 0.0470. The number of amides is 1. The number of rotatable bonds is 7. The van der Waals surface area contributed by atoms with Gasteiger partial charge in [0.25, 0.3) is 5.69 Å².